The molecule has 0 aromatic heterocycles. The van der Waals surface area contributed by atoms with E-state index in [1.165, 1.54) is 4.90 Å². The molecule has 1 rings (SSSR count). The number of nitrogens with zero attached hydrogens (tertiary/aromatic N) is 1. The smallest absolute Gasteiger partial charge is 0.316 e. The van der Waals surface area contributed by atoms with Gasteiger partial charge in [-0.2, -0.15) is 0 Å². The van der Waals surface area contributed by atoms with Crippen LogP contribution in [0.5, 0.6) is 0 Å². The lowest BCUT2D eigenvalue weighted by Crippen LogP contribution is -2.40. The van der Waals surface area contributed by atoms with Crippen LogP contribution in [-0.4, -0.2) is 24.0 Å². The Balaban J connectivity index is 3.11. The van der Waals surface area contributed by atoms with E-state index in [1.807, 2.05) is 25.1 Å². The minimum Gasteiger partial charge on any atom is -0.481 e. The molecule has 0 aliphatic carbocycles. The Labute approximate surface area is 121 Å². The van der Waals surface area contributed by atoms with Gasteiger partial charge in [-0.3, -0.25) is 9.59 Å². The van der Waals surface area contributed by atoms with E-state index in [1.54, 1.807) is 20.9 Å². The predicted molar refractivity (Wildman–Crippen MR) is 78.3 cm³/mol. The van der Waals surface area contributed by atoms with Crippen LogP contribution in [0, 0.1) is 18.8 Å². The average Bonchev–Trinajstić information content (AvgIpc) is 2.30. The van der Waals surface area contributed by atoms with Gasteiger partial charge in [0.15, 0.2) is 0 Å². The number of anilines is 1. The number of carboxylic acid groups (broad SMARTS) is 1. The lowest BCUT2D eigenvalue weighted by Gasteiger charge is -2.25. The van der Waals surface area contributed by atoms with Crippen LogP contribution in [0.3, 0.4) is 0 Å². The zero-order chi connectivity index (χ0) is 14.7. The molecule has 0 saturated carbocycles. The highest BCUT2D eigenvalue weighted by molar-refractivity contribution is 9.10. The molecule has 1 unspecified atom stereocenters. The second-order valence-electron chi connectivity index (χ2n) is 4.89. The van der Waals surface area contributed by atoms with Crippen LogP contribution in [0.1, 0.15) is 19.4 Å². The zero-order valence-corrected chi connectivity index (χ0v) is 13.1. The maximum atomic E-state index is 12.3. The molecule has 0 aliphatic heterocycles. The first-order valence-corrected chi connectivity index (χ1v) is 6.81. The summed E-state index contributed by atoms with van der Waals surface area (Å²) in [6, 6.07) is 5.58. The lowest BCUT2D eigenvalue weighted by atomic mass is 9.94. The Kier molecular flexibility index (Phi) is 5.11. The molecule has 19 heavy (non-hydrogen) atoms. The Bertz CT molecular complexity index is 499. The third-order valence-corrected chi connectivity index (χ3v) is 3.56. The molecule has 0 saturated heterocycles. The van der Waals surface area contributed by atoms with Crippen LogP contribution in [0.15, 0.2) is 22.7 Å². The first-order chi connectivity index (χ1) is 8.75. The van der Waals surface area contributed by atoms with Crippen molar-refractivity contribution < 1.29 is 14.7 Å². The largest absolute Gasteiger partial charge is 0.481 e. The van der Waals surface area contributed by atoms with Gasteiger partial charge < -0.3 is 10.0 Å². The number of carboxylic acids is 1. The van der Waals surface area contributed by atoms with Crippen molar-refractivity contribution in [1.82, 2.24) is 0 Å². The molecule has 5 heteroatoms. The number of aryl methyl sites for hydroxylation is 1. The fourth-order valence-corrected chi connectivity index (χ4v) is 2.30. The van der Waals surface area contributed by atoms with Gasteiger partial charge in [-0.25, -0.2) is 0 Å². The number of halogens is 1. The third kappa shape index (κ3) is 3.56. The van der Waals surface area contributed by atoms with E-state index in [9.17, 15) is 14.7 Å². The summed E-state index contributed by atoms with van der Waals surface area (Å²) in [6.45, 7) is 5.35. The molecule has 1 N–H and O–H groups in total. The van der Waals surface area contributed by atoms with E-state index >= 15 is 0 Å². The van der Waals surface area contributed by atoms with Gasteiger partial charge in [0.2, 0.25) is 5.91 Å². The highest BCUT2D eigenvalue weighted by Crippen LogP contribution is 2.26. The van der Waals surface area contributed by atoms with Crippen LogP contribution in [0.2, 0.25) is 0 Å². The van der Waals surface area contributed by atoms with E-state index in [4.69, 9.17) is 0 Å². The average molecular weight is 328 g/mol. The number of carbonyl (C=O) groups is 2. The van der Waals surface area contributed by atoms with Crippen LogP contribution < -0.4 is 4.90 Å². The first kappa shape index (κ1) is 15.7. The minimum absolute atomic E-state index is 0.250. The number of hydrogen-bond donors (Lipinski definition) is 1. The van der Waals surface area contributed by atoms with Gasteiger partial charge in [0.25, 0.3) is 0 Å². The van der Waals surface area contributed by atoms with E-state index < -0.39 is 17.8 Å². The van der Waals surface area contributed by atoms with E-state index in [0.717, 1.165) is 10.0 Å². The van der Waals surface area contributed by atoms with E-state index in [2.05, 4.69) is 15.9 Å². The molecule has 1 atom stereocenters. The molecular weight excluding hydrogens is 310 g/mol. The van der Waals surface area contributed by atoms with Gasteiger partial charge in [-0.15, -0.1) is 0 Å². The molecule has 0 heterocycles. The van der Waals surface area contributed by atoms with E-state index in [0.29, 0.717) is 5.69 Å². The summed E-state index contributed by atoms with van der Waals surface area (Å²) in [6.07, 6.45) is 0. The molecule has 1 amide bonds. The van der Waals surface area contributed by atoms with Crippen molar-refractivity contribution >= 4 is 33.5 Å². The molecule has 0 fully saturated rings. The van der Waals surface area contributed by atoms with Crippen molar-refractivity contribution in [2.75, 3.05) is 11.9 Å². The topological polar surface area (TPSA) is 57.6 Å². The zero-order valence-electron chi connectivity index (χ0n) is 11.5. The highest BCUT2D eigenvalue weighted by Gasteiger charge is 2.32. The Morgan fingerprint density at radius 3 is 2.37 bits per heavy atom. The summed E-state index contributed by atoms with van der Waals surface area (Å²) in [5.41, 5.74) is 1.64. The van der Waals surface area contributed by atoms with Crippen LogP contribution in [-0.2, 0) is 9.59 Å². The summed E-state index contributed by atoms with van der Waals surface area (Å²) >= 11 is 3.35. The molecule has 4 nitrogen and oxygen atoms in total. The fraction of sp³-hybridized carbons (Fsp3) is 0.429. The van der Waals surface area contributed by atoms with Crippen molar-refractivity contribution in [3.63, 3.8) is 0 Å². The minimum atomic E-state index is -1.08. The molecule has 0 spiro atoms. The van der Waals surface area contributed by atoms with Crippen molar-refractivity contribution in [2.24, 2.45) is 11.8 Å². The van der Waals surface area contributed by atoms with Crippen molar-refractivity contribution in [1.29, 1.82) is 0 Å². The Morgan fingerprint density at radius 1 is 1.32 bits per heavy atom. The molecule has 0 bridgehead atoms. The van der Waals surface area contributed by atoms with Crippen molar-refractivity contribution in [3.05, 3.63) is 28.2 Å². The van der Waals surface area contributed by atoms with Gasteiger partial charge >= 0.3 is 5.97 Å². The normalized spacial score (nSPS) is 12.3. The van der Waals surface area contributed by atoms with Gasteiger partial charge in [0.05, 0.1) is 0 Å². The predicted octanol–water partition coefficient (Wildman–Crippen LogP) is 3.08. The lowest BCUT2D eigenvalue weighted by molar-refractivity contribution is -0.147. The molecule has 1 aromatic rings. The molecule has 1 aromatic carbocycles. The maximum Gasteiger partial charge on any atom is 0.316 e. The van der Waals surface area contributed by atoms with Crippen LogP contribution in [0.4, 0.5) is 5.69 Å². The van der Waals surface area contributed by atoms with Crippen molar-refractivity contribution in [3.8, 4) is 0 Å². The standard InChI is InChI=1S/C14H18BrNO3/c1-8(2)12(14(18)19)13(17)16(4)11-7-10(15)6-5-9(11)3/h5-8,12H,1-4H3,(H,18,19). The van der Waals surface area contributed by atoms with Gasteiger partial charge in [0, 0.05) is 17.2 Å². The number of aliphatic carboxylic acids is 1. The van der Waals surface area contributed by atoms with Crippen LogP contribution >= 0.6 is 15.9 Å². The number of carbonyl (C=O) groups excluding carboxylic acids is 1. The first-order valence-electron chi connectivity index (χ1n) is 6.02. The van der Waals surface area contributed by atoms with E-state index in [-0.39, 0.29) is 5.92 Å². The maximum absolute atomic E-state index is 12.3. The third-order valence-electron chi connectivity index (χ3n) is 3.06. The number of rotatable bonds is 4. The number of benzene rings is 1. The Morgan fingerprint density at radius 2 is 1.89 bits per heavy atom. The second-order valence-corrected chi connectivity index (χ2v) is 5.80. The summed E-state index contributed by atoms with van der Waals surface area (Å²) in [7, 11) is 1.61. The second kappa shape index (κ2) is 6.19. The van der Waals surface area contributed by atoms with Gasteiger partial charge in [0.1, 0.15) is 5.92 Å². The number of amides is 1. The summed E-state index contributed by atoms with van der Waals surface area (Å²) in [4.78, 5) is 24.9. The summed E-state index contributed by atoms with van der Waals surface area (Å²) < 4.78 is 0.851. The van der Waals surface area contributed by atoms with Crippen LogP contribution in [0.25, 0.3) is 0 Å². The van der Waals surface area contributed by atoms with Gasteiger partial charge in [-0.1, -0.05) is 35.8 Å². The summed E-state index contributed by atoms with van der Waals surface area (Å²) in [5.74, 6) is -2.76. The summed E-state index contributed by atoms with van der Waals surface area (Å²) in [5, 5.41) is 9.18. The molecule has 0 aliphatic rings. The Hall–Kier alpha value is -1.36. The highest BCUT2D eigenvalue weighted by atomic mass is 79.9. The molecule has 104 valence electrons. The monoisotopic (exact) mass is 327 g/mol. The quantitative estimate of drug-likeness (QED) is 0.864. The van der Waals surface area contributed by atoms with Gasteiger partial charge in [-0.05, 0) is 30.5 Å². The molecule has 0 radical (unpaired) electrons. The number of hydrogen-bond acceptors (Lipinski definition) is 2. The molecular formula is C14H18BrNO3. The fourth-order valence-electron chi connectivity index (χ4n) is 1.95. The van der Waals surface area contributed by atoms with Crippen molar-refractivity contribution in [2.45, 2.75) is 20.8 Å². The SMILES string of the molecule is Cc1ccc(Br)cc1N(C)C(=O)C(C(=O)O)C(C)C.